The molecule has 2 heterocycles. The van der Waals surface area contributed by atoms with Crippen LogP contribution in [0, 0.1) is 20.8 Å². The first kappa shape index (κ1) is 17.8. The lowest BCUT2D eigenvalue weighted by atomic mass is 9.99. The molecule has 0 bridgehead atoms. The van der Waals surface area contributed by atoms with Gasteiger partial charge in [-0.3, -0.25) is 0 Å². The number of aromatic nitrogens is 4. The second-order valence-corrected chi connectivity index (χ2v) is 8.41. The van der Waals surface area contributed by atoms with Crippen molar-refractivity contribution in [2.75, 3.05) is 0 Å². The van der Waals surface area contributed by atoms with Gasteiger partial charge in [-0.2, -0.15) is 5.10 Å². The van der Waals surface area contributed by atoms with Crippen LogP contribution < -0.4 is 0 Å². The first-order chi connectivity index (χ1) is 14.1. The molecule has 5 heteroatoms. The van der Waals surface area contributed by atoms with Crippen LogP contribution in [-0.4, -0.2) is 19.7 Å². The maximum absolute atomic E-state index is 4.63. The average Bonchev–Trinajstić information content (AvgIpc) is 3.33. The van der Waals surface area contributed by atoms with Crippen LogP contribution >= 0.6 is 11.3 Å². The molecule has 2 aromatic heterocycles. The number of hydrogen-bond acceptors (Lipinski definition) is 4. The van der Waals surface area contributed by atoms with E-state index in [-0.39, 0.29) is 0 Å². The summed E-state index contributed by atoms with van der Waals surface area (Å²) in [6.45, 7) is 6.31. The minimum atomic E-state index is 0.845. The highest BCUT2D eigenvalue weighted by Gasteiger charge is 2.17. The van der Waals surface area contributed by atoms with Gasteiger partial charge in [-0.1, -0.05) is 36.4 Å². The topological polar surface area (TPSA) is 43.6 Å². The zero-order valence-electron chi connectivity index (χ0n) is 16.5. The van der Waals surface area contributed by atoms with Gasteiger partial charge in [0.15, 0.2) is 5.82 Å². The van der Waals surface area contributed by atoms with Crippen LogP contribution in [0.4, 0.5) is 0 Å². The van der Waals surface area contributed by atoms with E-state index in [1.165, 1.54) is 22.3 Å². The number of benzene rings is 3. The third-order valence-corrected chi connectivity index (χ3v) is 6.14. The Labute approximate surface area is 173 Å². The van der Waals surface area contributed by atoms with Crippen LogP contribution in [0.25, 0.3) is 38.4 Å². The van der Waals surface area contributed by atoms with Crippen LogP contribution in [-0.2, 0) is 0 Å². The Balaban J connectivity index is 1.68. The SMILES string of the molecule is Cc1nc2cccc(-c3ncnn3-c3c(C)cc(-c4ccccc4)cc3C)c2s1. The highest BCUT2D eigenvalue weighted by molar-refractivity contribution is 7.19. The predicted octanol–water partition coefficient (Wildman–Crippen LogP) is 6.14. The molecule has 0 atom stereocenters. The van der Waals surface area contributed by atoms with Crippen LogP contribution in [0.3, 0.4) is 0 Å². The Morgan fingerprint density at radius 1 is 0.828 bits per heavy atom. The third-order valence-electron chi connectivity index (χ3n) is 5.12. The molecule has 0 fully saturated rings. The molecule has 142 valence electrons. The lowest BCUT2D eigenvalue weighted by molar-refractivity contribution is 0.872. The van der Waals surface area contributed by atoms with Crippen molar-refractivity contribution in [3.63, 3.8) is 0 Å². The zero-order chi connectivity index (χ0) is 20.0. The van der Waals surface area contributed by atoms with Gasteiger partial charge in [0.05, 0.1) is 20.9 Å². The van der Waals surface area contributed by atoms with Crippen LogP contribution in [0.1, 0.15) is 16.1 Å². The summed E-state index contributed by atoms with van der Waals surface area (Å²) < 4.78 is 3.11. The Hall–Kier alpha value is -3.31. The number of hydrogen-bond donors (Lipinski definition) is 0. The van der Waals surface area contributed by atoms with Crippen molar-refractivity contribution in [2.24, 2.45) is 0 Å². The molecule has 5 aromatic rings. The van der Waals surface area contributed by atoms with E-state index in [0.29, 0.717) is 0 Å². The monoisotopic (exact) mass is 396 g/mol. The normalized spacial score (nSPS) is 11.3. The van der Waals surface area contributed by atoms with Crippen molar-refractivity contribution in [1.29, 1.82) is 0 Å². The predicted molar refractivity (Wildman–Crippen MR) is 120 cm³/mol. The lowest BCUT2D eigenvalue weighted by Gasteiger charge is -2.15. The van der Waals surface area contributed by atoms with Gasteiger partial charge in [0.2, 0.25) is 0 Å². The molecule has 0 aliphatic heterocycles. The Morgan fingerprint density at radius 2 is 1.59 bits per heavy atom. The fraction of sp³-hybridized carbons (Fsp3) is 0.125. The molecule has 0 saturated carbocycles. The summed E-state index contributed by atoms with van der Waals surface area (Å²) in [6, 6.07) is 21.1. The van der Waals surface area contributed by atoms with Crippen molar-refractivity contribution >= 4 is 21.6 Å². The number of nitrogens with zero attached hydrogens (tertiary/aromatic N) is 4. The summed E-state index contributed by atoms with van der Waals surface area (Å²) >= 11 is 1.70. The molecule has 0 radical (unpaired) electrons. The summed E-state index contributed by atoms with van der Waals surface area (Å²) in [5.74, 6) is 0.845. The minimum Gasteiger partial charge on any atom is -0.241 e. The molecule has 0 saturated heterocycles. The Morgan fingerprint density at radius 3 is 2.34 bits per heavy atom. The van der Waals surface area contributed by atoms with Crippen molar-refractivity contribution in [2.45, 2.75) is 20.8 Å². The molecule has 0 aliphatic rings. The third kappa shape index (κ3) is 3.04. The van der Waals surface area contributed by atoms with Gasteiger partial charge in [0.25, 0.3) is 0 Å². The van der Waals surface area contributed by atoms with Gasteiger partial charge in [-0.15, -0.1) is 11.3 Å². The molecule has 0 N–H and O–H groups in total. The van der Waals surface area contributed by atoms with Crippen LogP contribution in [0.5, 0.6) is 0 Å². The maximum Gasteiger partial charge on any atom is 0.164 e. The minimum absolute atomic E-state index is 0.845. The summed E-state index contributed by atoms with van der Waals surface area (Å²) in [4.78, 5) is 9.24. The molecule has 3 aromatic carbocycles. The zero-order valence-corrected chi connectivity index (χ0v) is 17.4. The summed E-state index contributed by atoms with van der Waals surface area (Å²) in [5, 5.41) is 5.64. The number of rotatable bonds is 3. The molecular formula is C24H20N4S. The van der Waals surface area contributed by atoms with Crippen molar-refractivity contribution < 1.29 is 0 Å². The summed E-state index contributed by atoms with van der Waals surface area (Å²) in [5.41, 5.74) is 7.92. The van der Waals surface area contributed by atoms with Crippen LogP contribution in [0.15, 0.2) is 67.0 Å². The van der Waals surface area contributed by atoms with E-state index in [1.807, 2.05) is 29.8 Å². The molecular weight excluding hydrogens is 376 g/mol. The number of aryl methyl sites for hydroxylation is 3. The number of fused-ring (bicyclic) bond motifs is 1. The van der Waals surface area contributed by atoms with Gasteiger partial charge >= 0.3 is 0 Å². The van der Waals surface area contributed by atoms with E-state index in [4.69, 9.17) is 0 Å². The Bertz CT molecular complexity index is 1310. The fourth-order valence-electron chi connectivity index (χ4n) is 3.91. The van der Waals surface area contributed by atoms with Gasteiger partial charge < -0.3 is 0 Å². The lowest BCUT2D eigenvalue weighted by Crippen LogP contribution is -2.05. The molecule has 5 rings (SSSR count). The Kier molecular flexibility index (Phi) is 4.25. The molecule has 0 amide bonds. The summed E-state index contributed by atoms with van der Waals surface area (Å²) in [7, 11) is 0. The van der Waals surface area contributed by atoms with Crippen LogP contribution in [0.2, 0.25) is 0 Å². The quantitative estimate of drug-likeness (QED) is 0.368. The summed E-state index contributed by atoms with van der Waals surface area (Å²) in [6.07, 6.45) is 1.63. The number of thiazole rings is 1. The largest absolute Gasteiger partial charge is 0.241 e. The first-order valence-electron chi connectivity index (χ1n) is 9.55. The first-order valence-corrected chi connectivity index (χ1v) is 10.4. The molecule has 0 aliphatic carbocycles. The van der Waals surface area contributed by atoms with E-state index in [0.717, 1.165) is 32.3 Å². The smallest absolute Gasteiger partial charge is 0.164 e. The van der Waals surface area contributed by atoms with E-state index in [1.54, 1.807) is 17.7 Å². The highest BCUT2D eigenvalue weighted by atomic mass is 32.1. The van der Waals surface area contributed by atoms with Crippen molar-refractivity contribution in [3.8, 4) is 28.2 Å². The molecule has 0 spiro atoms. The van der Waals surface area contributed by atoms with Gasteiger partial charge in [-0.25, -0.2) is 14.6 Å². The molecule has 29 heavy (non-hydrogen) atoms. The van der Waals surface area contributed by atoms with Crippen molar-refractivity contribution in [1.82, 2.24) is 19.7 Å². The van der Waals surface area contributed by atoms with E-state index in [9.17, 15) is 0 Å². The maximum atomic E-state index is 4.63. The van der Waals surface area contributed by atoms with Gasteiger partial charge in [0.1, 0.15) is 6.33 Å². The van der Waals surface area contributed by atoms with Gasteiger partial charge in [-0.05, 0) is 67.3 Å². The molecule has 0 unspecified atom stereocenters. The second-order valence-electron chi connectivity index (χ2n) is 7.21. The van der Waals surface area contributed by atoms with Gasteiger partial charge in [0, 0.05) is 5.56 Å². The molecule has 4 nitrogen and oxygen atoms in total. The van der Waals surface area contributed by atoms with E-state index >= 15 is 0 Å². The second kappa shape index (κ2) is 6.94. The average molecular weight is 397 g/mol. The standard InChI is InChI=1S/C24H20N4S/c1-15-12-19(18-8-5-4-6-9-18)13-16(2)22(15)28-24(25-14-26-28)20-10-7-11-21-23(20)29-17(3)27-21/h4-14H,1-3H3. The van der Waals surface area contributed by atoms with E-state index < -0.39 is 0 Å². The highest BCUT2D eigenvalue weighted by Crippen LogP contribution is 2.34. The fourth-order valence-corrected chi connectivity index (χ4v) is 4.84. The van der Waals surface area contributed by atoms with Crippen molar-refractivity contribution in [3.05, 3.63) is 83.1 Å². The van der Waals surface area contributed by atoms with E-state index in [2.05, 4.69) is 71.4 Å².